The zero-order chi connectivity index (χ0) is 12.3. The molecule has 1 aromatic carbocycles. The van der Waals surface area contributed by atoms with Gasteiger partial charge in [0.1, 0.15) is 0 Å². The third-order valence-electron chi connectivity index (χ3n) is 2.92. The number of hydrogen-bond acceptors (Lipinski definition) is 3. The SMILES string of the molecule is CC[C@H](CO)Nc1cc(C)nc2ccccc12. The number of rotatable bonds is 4. The molecule has 0 fully saturated rings. The van der Waals surface area contributed by atoms with E-state index in [0.29, 0.717) is 0 Å². The van der Waals surface area contributed by atoms with Gasteiger partial charge in [0.2, 0.25) is 0 Å². The highest BCUT2D eigenvalue weighted by atomic mass is 16.3. The second-order valence-electron chi connectivity index (χ2n) is 4.26. The number of aliphatic hydroxyl groups excluding tert-OH is 1. The molecule has 2 N–H and O–H groups in total. The number of para-hydroxylation sites is 1. The van der Waals surface area contributed by atoms with Gasteiger partial charge in [-0.2, -0.15) is 0 Å². The Morgan fingerprint density at radius 1 is 1.35 bits per heavy atom. The van der Waals surface area contributed by atoms with Crippen LogP contribution >= 0.6 is 0 Å². The number of nitrogens with zero attached hydrogens (tertiary/aromatic N) is 1. The lowest BCUT2D eigenvalue weighted by Gasteiger charge is -2.17. The van der Waals surface area contributed by atoms with Crippen LogP contribution in [0.1, 0.15) is 19.0 Å². The minimum absolute atomic E-state index is 0.0974. The van der Waals surface area contributed by atoms with Crippen LogP contribution in [0.4, 0.5) is 5.69 Å². The average molecular weight is 230 g/mol. The molecular formula is C14H18N2O. The summed E-state index contributed by atoms with van der Waals surface area (Å²) in [6, 6.07) is 10.2. The highest BCUT2D eigenvalue weighted by molar-refractivity contribution is 5.91. The Morgan fingerprint density at radius 3 is 2.82 bits per heavy atom. The third kappa shape index (κ3) is 2.56. The highest BCUT2D eigenvalue weighted by Crippen LogP contribution is 2.23. The Kier molecular flexibility index (Phi) is 3.59. The molecule has 0 radical (unpaired) electrons. The summed E-state index contributed by atoms with van der Waals surface area (Å²) in [7, 11) is 0. The molecule has 17 heavy (non-hydrogen) atoms. The van der Waals surface area contributed by atoms with E-state index < -0.39 is 0 Å². The standard InChI is InChI=1S/C14H18N2O/c1-3-11(9-17)16-14-8-10(2)15-13-7-5-4-6-12(13)14/h4-8,11,17H,3,9H2,1-2H3,(H,15,16)/t11-/m1/s1. The van der Waals surface area contributed by atoms with Gasteiger partial charge in [-0.1, -0.05) is 25.1 Å². The molecule has 1 aromatic heterocycles. The summed E-state index contributed by atoms with van der Waals surface area (Å²) >= 11 is 0. The van der Waals surface area contributed by atoms with E-state index in [-0.39, 0.29) is 12.6 Å². The summed E-state index contributed by atoms with van der Waals surface area (Å²) in [4.78, 5) is 4.49. The molecule has 0 saturated carbocycles. The van der Waals surface area contributed by atoms with Crippen molar-refractivity contribution in [2.24, 2.45) is 0 Å². The minimum atomic E-state index is 0.0974. The Labute approximate surface area is 102 Å². The first-order valence-corrected chi connectivity index (χ1v) is 5.98. The summed E-state index contributed by atoms with van der Waals surface area (Å²) in [6.07, 6.45) is 0.895. The van der Waals surface area contributed by atoms with Crippen molar-refractivity contribution in [3.8, 4) is 0 Å². The molecule has 1 atom stereocenters. The fourth-order valence-corrected chi connectivity index (χ4v) is 1.92. The van der Waals surface area contributed by atoms with E-state index in [1.54, 1.807) is 0 Å². The van der Waals surface area contributed by atoms with Gasteiger partial charge in [-0.15, -0.1) is 0 Å². The van der Waals surface area contributed by atoms with Crippen LogP contribution in [0, 0.1) is 6.92 Å². The van der Waals surface area contributed by atoms with Crippen molar-refractivity contribution in [2.75, 3.05) is 11.9 Å². The molecule has 0 spiro atoms. The van der Waals surface area contributed by atoms with Gasteiger partial charge in [0.05, 0.1) is 12.1 Å². The van der Waals surface area contributed by atoms with Crippen molar-refractivity contribution in [1.82, 2.24) is 4.98 Å². The van der Waals surface area contributed by atoms with Gasteiger partial charge in [-0.3, -0.25) is 4.98 Å². The smallest absolute Gasteiger partial charge is 0.0725 e. The van der Waals surface area contributed by atoms with E-state index >= 15 is 0 Å². The van der Waals surface area contributed by atoms with Crippen molar-refractivity contribution >= 4 is 16.6 Å². The summed E-state index contributed by atoms with van der Waals surface area (Å²) in [5.41, 5.74) is 3.02. The maximum atomic E-state index is 9.25. The lowest BCUT2D eigenvalue weighted by atomic mass is 10.1. The first-order chi connectivity index (χ1) is 8.24. The average Bonchev–Trinajstić information content (AvgIpc) is 2.35. The number of benzene rings is 1. The molecule has 0 unspecified atom stereocenters. The van der Waals surface area contributed by atoms with Crippen LogP contribution in [0.5, 0.6) is 0 Å². The lowest BCUT2D eigenvalue weighted by molar-refractivity contribution is 0.272. The van der Waals surface area contributed by atoms with Crippen molar-refractivity contribution in [3.05, 3.63) is 36.0 Å². The second kappa shape index (κ2) is 5.15. The number of pyridine rings is 1. The maximum Gasteiger partial charge on any atom is 0.0725 e. The normalized spacial score (nSPS) is 12.6. The molecule has 0 aliphatic heterocycles. The van der Waals surface area contributed by atoms with Gasteiger partial charge in [-0.05, 0) is 25.5 Å². The zero-order valence-corrected chi connectivity index (χ0v) is 10.3. The van der Waals surface area contributed by atoms with Crippen molar-refractivity contribution in [3.63, 3.8) is 0 Å². The molecule has 0 aliphatic carbocycles. The number of aryl methyl sites for hydroxylation is 1. The predicted octanol–water partition coefficient (Wildman–Crippen LogP) is 2.73. The first-order valence-electron chi connectivity index (χ1n) is 5.98. The molecule has 2 aromatic rings. The third-order valence-corrected chi connectivity index (χ3v) is 2.92. The first kappa shape index (κ1) is 11.9. The van der Waals surface area contributed by atoms with E-state index in [9.17, 15) is 5.11 Å². The van der Waals surface area contributed by atoms with Gasteiger partial charge < -0.3 is 10.4 Å². The van der Waals surface area contributed by atoms with Crippen LogP contribution in [0.2, 0.25) is 0 Å². The van der Waals surface area contributed by atoms with Crippen LogP contribution in [0.15, 0.2) is 30.3 Å². The molecule has 0 amide bonds. The molecule has 0 aliphatic rings. The predicted molar refractivity (Wildman–Crippen MR) is 71.3 cm³/mol. The molecule has 1 heterocycles. The fraction of sp³-hybridized carbons (Fsp3) is 0.357. The number of nitrogens with one attached hydrogen (secondary N) is 1. The van der Waals surface area contributed by atoms with Crippen molar-refractivity contribution in [1.29, 1.82) is 0 Å². The second-order valence-corrected chi connectivity index (χ2v) is 4.26. The number of fused-ring (bicyclic) bond motifs is 1. The Balaban J connectivity index is 2.44. The summed E-state index contributed by atoms with van der Waals surface area (Å²) < 4.78 is 0. The van der Waals surface area contributed by atoms with Gasteiger partial charge >= 0.3 is 0 Å². The summed E-state index contributed by atoms with van der Waals surface area (Å²) in [5, 5.41) is 13.7. The number of aromatic nitrogens is 1. The quantitative estimate of drug-likeness (QED) is 0.849. The number of aliphatic hydroxyl groups is 1. The van der Waals surface area contributed by atoms with E-state index in [1.807, 2.05) is 37.3 Å². The molecule has 90 valence electrons. The maximum absolute atomic E-state index is 9.25. The number of anilines is 1. The Bertz CT molecular complexity index is 507. The van der Waals surface area contributed by atoms with Crippen LogP contribution in [0.3, 0.4) is 0 Å². The van der Waals surface area contributed by atoms with E-state index in [2.05, 4.69) is 17.2 Å². The lowest BCUT2D eigenvalue weighted by Crippen LogP contribution is -2.22. The molecule has 3 nitrogen and oxygen atoms in total. The monoisotopic (exact) mass is 230 g/mol. The topological polar surface area (TPSA) is 45.1 Å². The van der Waals surface area contributed by atoms with Crippen LogP contribution in [0.25, 0.3) is 10.9 Å². The molecule has 0 saturated heterocycles. The van der Waals surface area contributed by atoms with Crippen molar-refractivity contribution in [2.45, 2.75) is 26.3 Å². The van der Waals surface area contributed by atoms with Gasteiger partial charge in [-0.25, -0.2) is 0 Å². The number of hydrogen-bond donors (Lipinski definition) is 2. The highest BCUT2D eigenvalue weighted by Gasteiger charge is 2.08. The molecule has 0 bridgehead atoms. The van der Waals surface area contributed by atoms with E-state index in [0.717, 1.165) is 28.7 Å². The fourth-order valence-electron chi connectivity index (χ4n) is 1.92. The van der Waals surface area contributed by atoms with Crippen LogP contribution in [-0.4, -0.2) is 22.7 Å². The Morgan fingerprint density at radius 2 is 2.12 bits per heavy atom. The van der Waals surface area contributed by atoms with Crippen molar-refractivity contribution < 1.29 is 5.11 Å². The van der Waals surface area contributed by atoms with Crippen LogP contribution in [-0.2, 0) is 0 Å². The van der Waals surface area contributed by atoms with Gasteiger partial charge in [0.15, 0.2) is 0 Å². The molecule has 2 rings (SSSR count). The van der Waals surface area contributed by atoms with E-state index in [1.165, 1.54) is 0 Å². The van der Waals surface area contributed by atoms with Gasteiger partial charge in [0.25, 0.3) is 0 Å². The molecule has 3 heteroatoms. The van der Waals surface area contributed by atoms with Crippen LogP contribution < -0.4 is 5.32 Å². The Hall–Kier alpha value is -1.61. The minimum Gasteiger partial charge on any atom is -0.394 e. The molecular weight excluding hydrogens is 212 g/mol. The largest absolute Gasteiger partial charge is 0.394 e. The van der Waals surface area contributed by atoms with E-state index in [4.69, 9.17) is 0 Å². The van der Waals surface area contributed by atoms with Gasteiger partial charge in [0, 0.05) is 22.8 Å². The summed E-state index contributed by atoms with van der Waals surface area (Å²) in [6.45, 7) is 4.19. The zero-order valence-electron chi connectivity index (χ0n) is 10.3. The summed E-state index contributed by atoms with van der Waals surface area (Å²) in [5.74, 6) is 0.